The number of hydrogen-bond acceptors (Lipinski definition) is 2. The molecule has 3 unspecified atom stereocenters. The number of amides is 1. The third kappa shape index (κ3) is 2.52. The molecule has 27 heavy (non-hydrogen) atoms. The molecule has 1 aromatic rings. The third-order valence-corrected chi connectivity index (χ3v) is 8.40. The van der Waals surface area contributed by atoms with Crippen molar-refractivity contribution in [3.63, 3.8) is 0 Å². The molecule has 0 aromatic heterocycles. The van der Waals surface area contributed by atoms with Crippen molar-refractivity contribution in [2.24, 2.45) is 17.8 Å². The maximum atomic E-state index is 14.1. The number of hydrogen-bond donors (Lipinski definition) is 0. The van der Waals surface area contributed by atoms with Gasteiger partial charge in [-0.2, -0.15) is 0 Å². The van der Waals surface area contributed by atoms with Gasteiger partial charge in [0.1, 0.15) is 5.82 Å². The van der Waals surface area contributed by atoms with Gasteiger partial charge in [-0.3, -0.25) is 4.79 Å². The van der Waals surface area contributed by atoms with Gasteiger partial charge in [0.25, 0.3) is 0 Å². The fraction of sp³-hybridized carbons (Fsp3) is 0.696. The number of nitrogens with zero attached hydrogens (tertiary/aromatic N) is 2. The van der Waals surface area contributed by atoms with Gasteiger partial charge >= 0.3 is 0 Å². The molecule has 1 saturated heterocycles. The summed E-state index contributed by atoms with van der Waals surface area (Å²) in [5.41, 5.74) is 2.06. The molecule has 144 valence electrons. The summed E-state index contributed by atoms with van der Waals surface area (Å²) >= 11 is 0. The lowest BCUT2D eigenvalue weighted by Crippen LogP contribution is -2.50. The largest absolute Gasteiger partial charge is 0.311 e. The minimum atomic E-state index is -0.163. The zero-order valence-corrected chi connectivity index (χ0v) is 16.0. The van der Waals surface area contributed by atoms with Crippen molar-refractivity contribution in [1.82, 2.24) is 4.90 Å². The molecule has 3 nitrogen and oxygen atoms in total. The average Bonchev–Trinajstić information content (AvgIpc) is 3.21. The molecule has 1 spiro atoms. The van der Waals surface area contributed by atoms with Gasteiger partial charge in [0.05, 0.1) is 0 Å². The first-order valence-corrected chi connectivity index (χ1v) is 11.0. The molecule has 2 aliphatic heterocycles. The van der Waals surface area contributed by atoms with E-state index >= 15 is 0 Å². The predicted molar refractivity (Wildman–Crippen MR) is 103 cm³/mol. The molecule has 3 aliphatic carbocycles. The molecule has 1 amide bonds. The third-order valence-electron chi connectivity index (χ3n) is 8.40. The number of anilines is 1. The summed E-state index contributed by atoms with van der Waals surface area (Å²) in [7, 11) is 0. The van der Waals surface area contributed by atoms with Crippen molar-refractivity contribution in [2.75, 3.05) is 24.5 Å². The predicted octanol–water partition coefficient (Wildman–Crippen LogP) is 4.10. The lowest BCUT2D eigenvalue weighted by atomic mass is 9.73. The molecule has 1 aromatic carbocycles. The first-order valence-electron chi connectivity index (χ1n) is 11.0. The average molecular weight is 368 g/mol. The quantitative estimate of drug-likeness (QED) is 0.784. The van der Waals surface area contributed by atoms with E-state index in [1.807, 2.05) is 11.0 Å². The van der Waals surface area contributed by atoms with Crippen molar-refractivity contribution >= 4 is 11.6 Å². The van der Waals surface area contributed by atoms with Crippen LogP contribution in [0.15, 0.2) is 18.2 Å². The standard InChI is InChI=1S/C23H29FN2O/c24-18-5-6-20-19(13-18)23(14-26(20)22(27)16-3-4-16)7-9-25(10-8-23)21-12-15-1-2-17(21)11-15/h5-6,13,15-17,21H,1-4,7-12,14H2. The highest BCUT2D eigenvalue weighted by Gasteiger charge is 2.50. The molecule has 6 rings (SSSR count). The van der Waals surface area contributed by atoms with Gasteiger partial charge in [-0.1, -0.05) is 6.42 Å². The molecule has 2 bridgehead atoms. The van der Waals surface area contributed by atoms with E-state index in [2.05, 4.69) is 4.90 Å². The van der Waals surface area contributed by atoms with Crippen molar-refractivity contribution in [2.45, 2.75) is 62.8 Å². The Morgan fingerprint density at radius 1 is 1.07 bits per heavy atom. The summed E-state index contributed by atoms with van der Waals surface area (Å²) in [5, 5.41) is 0. The molecular weight excluding hydrogens is 339 g/mol. The highest BCUT2D eigenvalue weighted by atomic mass is 19.1. The Morgan fingerprint density at radius 2 is 1.89 bits per heavy atom. The first kappa shape index (κ1) is 16.5. The highest BCUT2D eigenvalue weighted by Crippen LogP contribution is 2.51. The van der Waals surface area contributed by atoms with Crippen LogP contribution in [0.2, 0.25) is 0 Å². The summed E-state index contributed by atoms with van der Waals surface area (Å²) < 4.78 is 14.1. The van der Waals surface area contributed by atoms with Crippen LogP contribution < -0.4 is 4.90 Å². The lowest BCUT2D eigenvalue weighted by Gasteiger charge is -2.44. The summed E-state index contributed by atoms with van der Waals surface area (Å²) in [5.74, 6) is 2.22. The molecule has 4 heteroatoms. The topological polar surface area (TPSA) is 23.6 Å². The number of piperidine rings is 1. The van der Waals surface area contributed by atoms with Gasteiger partial charge in [-0.15, -0.1) is 0 Å². The second kappa shape index (κ2) is 5.79. The zero-order chi connectivity index (χ0) is 18.2. The maximum Gasteiger partial charge on any atom is 0.230 e. The summed E-state index contributed by atoms with van der Waals surface area (Å²) in [6, 6.07) is 5.89. The molecule has 0 N–H and O–H groups in total. The Bertz CT molecular complexity index is 781. The fourth-order valence-corrected chi connectivity index (χ4v) is 6.76. The maximum absolute atomic E-state index is 14.1. The number of benzene rings is 1. The Labute approximate surface area is 160 Å². The summed E-state index contributed by atoms with van der Waals surface area (Å²) in [4.78, 5) is 17.6. The van der Waals surface area contributed by atoms with Crippen LogP contribution in [-0.4, -0.2) is 36.5 Å². The second-order valence-corrected chi connectivity index (χ2v) is 9.92. The van der Waals surface area contributed by atoms with E-state index in [1.54, 1.807) is 6.07 Å². The molecule has 5 aliphatic rings. The van der Waals surface area contributed by atoms with Crippen LogP contribution in [0, 0.1) is 23.6 Å². The second-order valence-electron chi connectivity index (χ2n) is 9.92. The van der Waals surface area contributed by atoms with Crippen molar-refractivity contribution in [3.05, 3.63) is 29.6 Å². The van der Waals surface area contributed by atoms with Crippen molar-refractivity contribution < 1.29 is 9.18 Å². The van der Waals surface area contributed by atoms with Crippen LogP contribution in [0.1, 0.15) is 56.9 Å². The lowest BCUT2D eigenvalue weighted by molar-refractivity contribution is -0.119. The Balaban J connectivity index is 1.26. The van der Waals surface area contributed by atoms with Crippen LogP contribution in [0.4, 0.5) is 10.1 Å². The van der Waals surface area contributed by atoms with E-state index in [4.69, 9.17) is 0 Å². The minimum absolute atomic E-state index is 0.0316. The minimum Gasteiger partial charge on any atom is -0.311 e. The number of carbonyl (C=O) groups excluding carboxylic acids is 1. The van der Waals surface area contributed by atoms with Crippen LogP contribution in [0.5, 0.6) is 0 Å². The van der Waals surface area contributed by atoms with Gasteiger partial charge in [0.2, 0.25) is 5.91 Å². The Kier molecular flexibility index (Phi) is 3.54. The van der Waals surface area contributed by atoms with Gasteiger partial charge < -0.3 is 9.80 Å². The number of likely N-dealkylation sites (tertiary alicyclic amines) is 1. The molecule has 4 fully saturated rings. The molecule has 3 atom stereocenters. The molecular formula is C23H29FN2O. The first-order chi connectivity index (χ1) is 13.1. The van der Waals surface area contributed by atoms with Crippen LogP contribution in [-0.2, 0) is 10.2 Å². The SMILES string of the molecule is O=C(C1CC1)N1CC2(CCN(C3CC4CCC3C4)CC2)c2cc(F)ccc21. The number of halogens is 1. The van der Waals surface area contributed by atoms with Crippen LogP contribution in [0.3, 0.4) is 0 Å². The van der Waals surface area contributed by atoms with Gasteiger partial charge in [-0.05, 0) is 93.6 Å². The van der Waals surface area contributed by atoms with Crippen LogP contribution >= 0.6 is 0 Å². The number of fused-ring (bicyclic) bond motifs is 4. The fourth-order valence-electron chi connectivity index (χ4n) is 6.76. The van der Waals surface area contributed by atoms with E-state index in [0.717, 1.165) is 74.4 Å². The normalized spacial score (nSPS) is 34.4. The molecule has 0 radical (unpaired) electrons. The Morgan fingerprint density at radius 3 is 2.56 bits per heavy atom. The Hall–Kier alpha value is -1.42. The molecule has 2 heterocycles. The van der Waals surface area contributed by atoms with E-state index in [1.165, 1.54) is 31.7 Å². The van der Waals surface area contributed by atoms with E-state index in [0.29, 0.717) is 0 Å². The van der Waals surface area contributed by atoms with Crippen molar-refractivity contribution in [3.8, 4) is 0 Å². The monoisotopic (exact) mass is 368 g/mol. The number of carbonyl (C=O) groups is 1. The van der Waals surface area contributed by atoms with Gasteiger partial charge in [0.15, 0.2) is 0 Å². The molecule has 3 saturated carbocycles. The van der Waals surface area contributed by atoms with E-state index in [9.17, 15) is 9.18 Å². The number of rotatable bonds is 2. The smallest absolute Gasteiger partial charge is 0.230 e. The van der Waals surface area contributed by atoms with E-state index in [-0.39, 0.29) is 23.1 Å². The van der Waals surface area contributed by atoms with Gasteiger partial charge in [-0.25, -0.2) is 4.39 Å². The summed E-state index contributed by atoms with van der Waals surface area (Å²) in [6.07, 6.45) is 9.89. The van der Waals surface area contributed by atoms with Crippen LogP contribution in [0.25, 0.3) is 0 Å². The summed E-state index contributed by atoms with van der Waals surface area (Å²) in [6.45, 7) is 2.98. The van der Waals surface area contributed by atoms with Gasteiger partial charge in [0, 0.05) is 29.6 Å². The highest BCUT2D eigenvalue weighted by molar-refractivity contribution is 5.99. The zero-order valence-electron chi connectivity index (χ0n) is 16.0. The van der Waals surface area contributed by atoms with E-state index < -0.39 is 0 Å². The van der Waals surface area contributed by atoms with Crippen molar-refractivity contribution in [1.29, 1.82) is 0 Å².